The zero-order valence-corrected chi connectivity index (χ0v) is 17.7. The van der Waals surface area contributed by atoms with Crippen LogP contribution in [0, 0.1) is 5.82 Å². The monoisotopic (exact) mass is 466 g/mol. The average molecular weight is 466 g/mol. The van der Waals surface area contributed by atoms with Gasteiger partial charge in [-0.2, -0.15) is 0 Å². The minimum atomic E-state index is -0.290. The summed E-state index contributed by atoms with van der Waals surface area (Å²) in [5, 5.41) is 8.89. The first kappa shape index (κ1) is 23.6. The number of methoxy groups -OCH3 is 1. The molecule has 0 bridgehead atoms. The maximum atomic E-state index is 13.6. The molecule has 1 rings (SSSR count). The Balaban J connectivity index is 0.00000576. The number of benzene rings is 1. The van der Waals surface area contributed by atoms with E-state index in [9.17, 15) is 9.18 Å². The normalized spacial score (nSPS) is 11.5. The molecule has 0 heterocycles. The summed E-state index contributed by atoms with van der Waals surface area (Å²) < 4.78 is 18.6. The Kier molecular flexibility index (Phi) is 10.6. The molecule has 0 fully saturated rings. The number of hydrogen-bond donors (Lipinski definition) is 3. The Bertz CT molecular complexity index is 589. The standard InChI is InChI=1S/C17H27FN4O2.HI/c1-17(2,3)22-15(23)10-21-16(19-4)20-9-12-6-7-14(18)13(8-12)11-24-5;/h6-8H,9-11H2,1-5H3,(H,22,23)(H2,19,20,21);1H. The molecule has 0 saturated carbocycles. The molecule has 8 heteroatoms. The van der Waals surface area contributed by atoms with Crippen LogP contribution in [0.4, 0.5) is 4.39 Å². The van der Waals surface area contributed by atoms with Gasteiger partial charge < -0.3 is 20.7 Å². The maximum absolute atomic E-state index is 13.6. The zero-order chi connectivity index (χ0) is 18.2. The number of rotatable bonds is 6. The van der Waals surface area contributed by atoms with Crippen molar-refractivity contribution in [3.8, 4) is 0 Å². The summed E-state index contributed by atoms with van der Waals surface area (Å²) in [5.41, 5.74) is 1.12. The summed E-state index contributed by atoms with van der Waals surface area (Å²) in [5.74, 6) is 0.0910. The van der Waals surface area contributed by atoms with Crippen molar-refractivity contribution < 1.29 is 13.9 Å². The molecule has 25 heavy (non-hydrogen) atoms. The topological polar surface area (TPSA) is 74.8 Å². The number of guanidine groups is 1. The predicted octanol–water partition coefficient (Wildman–Crippen LogP) is 2.17. The molecule has 0 aliphatic heterocycles. The third-order valence-corrected chi connectivity index (χ3v) is 3.02. The van der Waals surface area contributed by atoms with Gasteiger partial charge in [-0.15, -0.1) is 24.0 Å². The van der Waals surface area contributed by atoms with Gasteiger partial charge in [0.05, 0.1) is 13.2 Å². The summed E-state index contributed by atoms with van der Waals surface area (Å²) in [7, 11) is 3.15. The van der Waals surface area contributed by atoms with Crippen LogP contribution in [0.5, 0.6) is 0 Å². The van der Waals surface area contributed by atoms with E-state index < -0.39 is 0 Å². The van der Waals surface area contributed by atoms with Gasteiger partial charge in [-0.3, -0.25) is 9.79 Å². The van der Waals surface area contributed by atoms with Crippen molar-refractivity contribution in [2.24, 2.45) is 4.99 Å². The summed E-state index contributed by atoms with van der Waals surface area (Å²) in [4.78, 5) is 15.9. The highest BCUT2D eigenvalue weighted by Gasteiger charge is 2.13. The lowest BCUT2D eigenvalue weighted by atomic mass is 10.1. The predicted molar refractivity (Wildman–Crippen MR) is 109 cm³/mol. The molecule has 0 saturated heterocycles. The third-order valence-electron chi connectivity index (χ3n) is 3.02. The summed E-state index contributed by atoms with van der Waals surface area (Å²) >= 11 is 0. The van der Waals surface area contributed by atoms with Crippen molar-refractivity contribution >= 4 is 35.8 Å². The van der Waals surface area contributed by atoms with Gasteiger partial charge in [0.15, 0.2) is 5.96 Å². The number of halogens is 2. The number of ether oxygens (including phenoxy) is 1. The smallest absolute Gasteiger partial charge is 0.239 e. The minimum absolute atomic E-state index is 0. The number of nitrogens with one attached hydrogen (secondary N) is 3. The van der Waals surface area contributed by atoms with Gasteiger partial charge in [0.25, 0.3) is 0 Å². The Labute approximate surface area is 166 Å². The van der Waals surface area contributed by atoms with Crippen LogP contribution in [-0.2, 0) is 22.7 Å². The van der Waals surface area contributed by atoms with Gasteiger partial charge >= 0.3 is 0 Å². The fraction of sp³-hybridized carbons (Fsp3) is 0.529. The molecule has 6 nitrogen and oxygen atoms in total. The highest BCUT2D eigenvalue weighted by atomic mass is 127. The molecule has 0 aliphatic rings. The van der Waals surface area contributed by atoms with Crippen molar-refractivity contribution in [2.75, 3.05) is 20.7 Å². The van der Waals surface area contributed by atoms with Crippen LogP contribution in [0.2, 0.25) is 0 Å². The summed E-state index contributed by atoms with van der Waals surface area (Å²) in [6.45, 7) is 6.56. The number of nitrogens with zero attached hydrogens (tertiary/aromatic N) is 1. The van der Waals surface area contributed by atoms with Crippen molar-refractivity contribution in [2.45, 2.75) is 39.5 Å². The van der Waals surface area contributed by atoms with E-state index in [4.69, 9.17) is 4.74 Å². The lowest BCUT2D eigenvalue weighted by Crippen LogP contribution is -2.48. The van der Waals surface area contributed by atoms with Crippen molar-refractivity contribution in [1.29, 1.82) is 0 Å². The second-order valence-corrected chi connectivity index (χ2v) is 6.44. The molecule has 0 aromatic heterocycles. The van der Waals surface area contributed by atoms with Crippen LogP contribution in [0.25, 0.3) is 0 Å². The highest BCUT2D eigenvalue weighted by molar-refractivity contribution is 14.0. The van der Waals surface area contributed by atoms with E-state index in [0.29, 0.717) is 18.1 Å². The Morgan fingerprint density at radius 2 is 1.96 bits per heavy atom. The lowest BCUT2D eigenvalue weighted by molar-refractivity contribution is -0.121. The average Bonchev–Trinajstić information content (AvgIpc) is 2.49. The Morgan fingerprint density at radius 3 is 2.52 bits per heavy atom. The fourth-order valence-corrected chi connectivity index (χ4v) is 2.04. The molecule has 142 valence electrons. The van der Waals surface area contributed by atoms with Crippen LogP contribution in [-0.4, -0.2) is 38.1 Å². The Hall–Kier alpha value is -1.42. The quantitative estimate of drug-likeness (QED) is 0.342. The number of carbonyl (C=O) groups excluding carboxylic acids is 1. The molecule has 0 unspecified atom stereocenters. The third kappa shape index (κ3) is 9.59. The van der Waals surface area contributed by atoms with Crippen LogP contribution >= 0.6 is 24.0 Å². The van der Waals surface area contributed by atoms with Gasteiger partial charge in [0.2, 0.25) is 5.91 Å². The van der Waals surface area contributed by atoms with E-state index in [-0.39, 0.29) is 54.4 Å². The fourth-order valence-electron chi connectivity index (χ4n) is 2.04. The number of hydrogen-bond acceptors (Lipinski definition) is 3. The van der Waals surface area contributed by atoms with Crippen LogP contribution in [0.3, 0.4) is 0 Å². The SMILES string of the molecule is CN=C(NCC(=O)NC(C)(C)C)NCc1ccc(F)c(COC)c1.I. The number of aliphatic imine (C=N–C) groups is 1. The molecule has 0 aliphatic carbocycles. The minimum Gasteiger partial charge on any atom is -0.380 e. The first-order valence-electron chi connectivity index (χ1n) is 7.77. The highest BCUT2D eigenvalue weighted by Crippen LogP contribution is 2.11. The maximum Gasteiger partial charge on any atom is 0.239 e. The molecule has 1 aromatic carbocycles. The van der Waals surface area contributed by atoms with Crippen LogP contribution in [0.1, 0.15) is 31.9 Å². The second-order valence-electron chi connectivity index (χ2n) is 6.44. The van der Waals surface area contributed by atoms with Crippen molar-refractivity contribution in [1.82, 2.24) is 16.0 Å². The van der Waals surface area contributed by atoms with Crippen LogP contribution in [0.15, 0.2) is 23.2 Å². The molecule has 1 aromatic rings. The second kappa shape index (κ2) is 11.2. The van der Waals surface area contributed by atoms with Gasteiger partial charge in [-0.1, -0.05) is 6.07 Å². The van der Waals surface area contributed by atoms with Gasteiger partial charge in [-0.25, -0.2) is 4.39 Å². The van der Waals surface area contributed by atoms with E-state index in [2.05, 4.69) is 20.9 Å². The lowest BCUT2D eigenvalue weighted by Gasteiger charge is -2.21. The van der Waals surface area contributed by atoms with E-state index in [0.717, 1.165) is 5.56 Å². The number of carbonyl (C=O) groups is 1. The van der Waals surface area contributed by atoms with Crippen molar-refractivity contribution in [3.63, 3.8) is 0 Å². The summed E-state index contributed by atoms with van der Waals surface area (Å²) in [6, 6.07) is 4.85. The largest absolute Gasteiger partial charge is 0.380 e. The van der Waals surface area contributed by atoms with E-state index in [1.54, 1.807) is 19.2 Å². The summed E-state index contributed by atoms with van der Waals surface area (Å²) in [6.07, 6.45) is 0. The molecule has 0 atom stereocenters. The van der Waals surface area contributed by atoms with Gasteiger partial charge in [-0.05, 0) is 38.5 Å². The van der Waals surface area contributed by atoms with Crippen molar-refractivity contribution in [3.05, 3.63) is 35.1 Å². The molecule has 3 N–H and O–H groups in total. The van der Waals surface area contributed by atoms with E-state index in [1.807, 2.05) is 20.8 Å². The molecule has 0 spiro atoms. The number of amides is 1. The molecule has 0 radical (unpaired) electrons. The first-order chi connectivity index (χ1) is 11.2. The Morgan fingerprint density at radius 1 is 1.28 bits per heavy atom. The first-order valence-corrected chi connectivity index (χ1v) is 7.77. The van der Waals surface area contributed by atoms with Gasteiger partial charge in [0, 0.05) is 31.8 Å². The molecule has 1 amide bonds. The van der Waals surface area contributed by atoms with Crippen LogP contribution < -0.4 is 16.0 Å². The molecular formula is C17H28FIN4O2. The van der Waals surface area contributed by atoms with Gasteiger partial charge in [0.1, 0.15) is 5.82 Å². The molecular weight excluding hydrogens is 438 g/mol. The van der Waals surface area contributed by atoms with E-state index >= 15 is 0 Å². The zero-order valence-electron chi connectivity index (χ0n) is 15.4. The van der Waals surface area contributed by atoms with E-state index in [1.165, 1.54) is 13.2 Å².